The van der Waals surface area contributed by atoms with E-state index in [0.717, 1.165) is 28.3 Å². The van der Waals surface area contributed by atoms with Crippen LogP contribution >= 0.6 is 0 Å². The van der Waals surface area contributed by atoms with E-state index in [1.165, 1.54) is 5.56 Å². The maximum absolute atomic E-state index is 12.2. The van der Waals surface area contributed by atoms with Crippen LogP contribution in [0.25, 0.3) is 16.9 Å². The van der Waals surface area contributed by atoms with Gasteiger partial charge in [0.1, 0.15) is 11.5 Å². The van der Waals surface area contributed by atoms with Crippen LogP contribution in [0, 0.1) is 6.92 Å². The lowest BCUT2D eigenvalue weighted by atomic mass is 10.1. The summed E-state index contributed by atoms with van der Waals surface area (Å²) < 4.78 is 1.96. The summed E-state index contributed by atoms with van der Waals surface area (Å²) in [6, 6.07) is 18.1. The number of aromatic nitrogens is 3. The van der Waals surface area contributed by atoms with E-state index < -0.39 is 0 Å². The third-order valence-corrected chi connectivity index (χ3v) is 4.70. The van der Waals surface area contributed by atoms with Gasteiger partial charge in [-0.2, -0.15) is 0 Å². The number of aryl methyl sites for hydroxylation is 1. The minimum absolute atomic E-state index is 0.00828. The third kappa shape index (κ3) is 4.43. The number of benzene rings is 2. The van der Waals surface area contributed by atoms with Crippen molar-refractivity contribution in [3.63, 3.8) is 0 Å². The van der Waals surface area contributed by atoms with Crippen LogP contribution in [0.1, 0.15) is 17.5 Å². The number of imidazole rings is 1. The lowest BCUT2D eigenvalue weighted by Gasteiger charge is -2.10. The van der Waals surface area contributed by atoms with Gasteiger partial charge in [0, 0.05) is 37.5 Å². The SMILES string of the molecule is Cc1cccc(-c2nc3cnccn3c2NCCC(=O)NCc2ccccc2)c1. The monoisotopic (exact) mass is 385 g/mol. The summed E-state index contributed by atoms with van der Waals surface area (Å²) in [5, 5.41) is 6.35. The lowest BCUT2D eigenvalue weighted by molar-refractivity contribution is -0.121. The van der Waals surface area contributed by atoms with Crippen molar-refractivity contribution < 1.29 is 4.79 Å². The maximum atomic E-state index is 12.2. The topological polar surface area (TPSA) is 71.3 Å². The summed E-state index contributed by atoms with van der Waals surface area (Å²) >= 11 is 0. The first-order valence-corrected chi connectivity index (χ1v) is 9.64. The molecular weight excluding hydrogens is 362 g/mol. The zero-order valence-electron chi connectivity index (χ0n) is 16.3. The molecule has 0 fully saturated rings. The van der Waals surface area contributed by atoms with Crippen LogP contribution in [-0.4, -0.2) is 26.8 Å². The average molecular weight is 385 g/mol. The Labute approximate surface area is 169 Å². The van der Waals surface area contributed by atoms with Crippen molar-refractivity contribution in [3.05, 3.63) is 84.3 Å². The number of hydrogen-bond donors (Lipinski definition) is 2. The first-order valence-electron chi connectivity index (χ1n) is 9.64. The fraction of sp³-hybridized carbons (Fsp3) is 0.174. The Balaban J connectivity index is 1.46. The van der Waals surface area contributed by atoms with Crippen molar-refractivity contribution in [2.24, 2.45) is 0 Å². The van der Waals surface area contributed by atoms with E-state index in [1.54, 1.807) is 12.4 Å². The van der Waals surface area contributed by atoms with Gasteiger partial charge >= 0.3 is 0 Å². The van der Waals surface area contributed by atoms with Crippen molar-refractivity contribution in [3.8, 4) is 11.3 Å². The average Bonchev–Trinajstić information content (AvgIpc) is 3.12. The molecule has 0 saturated carbocycles. The van der Waals surface area contributed by atoms with E-state index in [4.69, 9.17) is 4.98 Å². The van der Waals surface area contributed by atoms with Crippen LogP contribution in [0.4, 0.5) is 5.82 Å². The summed E-state index contributed by atoms with van der Waals surface area (Å²) in [4.78, 5) is 21.1. The fourth-order valence-electron chi connectivity index (χ4n) is 3.25. The molecule has 4 aromatic rings. The van der Waals surface area contributed by atoms with Gasteiger partial charge < -0.3 is 10.6 Å². The van der Waals surface area contributed by atoms with E-state index in [-0.39, 0.29) is 5.91 Å². The standard InChI is InChI=1S/C23H23N5O/c1-17-6-5-9-19(14-17)22-23(28-13-12-24-16-20(28)27-22)25-11-10-21(29)26-15-18-7-3-2-4-8-18/h2-9,12-14,16,25H,10-11,15H2,1H3,(H,26,29). The number of rotatable bonds is 7. The molecular formula is C23H23N5O. The molecule has 0 saturated heterocycles. The van der Waals surface area contributed by atoms with Crippen molar-refractivity contribution >= 4 is 17.4 Å². The van der Waals surface area contributed by atoms with Gasteiger partial charge in [-0.15, -0.1) is 0 Å². The highest BCUT2D eigenvalue weighted by Crippen LogP contribution is 2.28. The molecule has 2 aromatic heterocycles. The van der Waals surface area contributed by atoms with Crippen LogP contribution in [0.2, 0.25) is 0 Å². The molecule has 6 heteroatoms. The molecule has 0 atom stereocenters. The Morgan fingerprint density at radius 2 is 1.97 bits per heavy atom. The van der Waals surface area contributed by atoms with Gasteiger partial charge in [-0.25, -0.2) is 4.98 Å². The van der Waals surface area contributed by atoms with Gasteiger partial charge in [0.15, 0.2) is 5.65 Å². The number of carbonyl (C=O) groups is 1. The minimum Gasteiger partial charge on any atom is -0.369 e. The Bertz CT molecular complexity index is 1120. The molecule has 0 bridgehead atoms. The lowest BCUT2D eigenvalue weighted by Crippen LogP contribution is -2.25. The van der Waals surface area contributed by atoms with Crippen LogP contribution in [0.3, 0.4) is 0 Å². The molecule has 0 spiro atoms. The molecule has 0 aliphatic carbocycles. The van der Waals surface area contributed by atoms with Crippen LogP contribution in [0.15, 0.2) is 73.2 Å². The van der Waals surface area contributed by atoms with Gasteiger partial charge in [-0.05, 0) is 18.6 Å². The smallest absolute Gasteiger partial charge is 0.222 e. The number of amides is 1. The highest BCUT2D eigenvalue weighted by atomic mass is 16.1. The van der Waals surface area contributed by atoms with E-state index in [9.17, 15) is 4.79 Å². The van der Waals surface area contributed by atoms with Gasteiger partial charge in [0.25, 0.3) is 0 Å². The van der Waals surface area contributed by atoms with Crippen molar-refractivity contribution in [2.75, 3.05) is 11.9 Å². The summed E-state index contributed by atoms with van der Waals surface area (Å²) in [7, 11) is 0. The molecule has 4 rings (SSSR count). The van der Waals surface area contributed by atoms with Gasteiger partial charge in [0.2, 0.25) is 5.91 Å². The molecule has 2 N–H and O–H groups in total. The fourth-order valence-corrected chi connectivity index (χ4v) is 3.25. The molecule has 1 amide bonds. The normalized spacial score (nSPS) is 10.8. The van der Waals surface area contributed by atoms with Gasteiger partial charge in [-0.3, -0.25) is 14.2 Å². The molecule has 2 aromatic carbocycles. The predicted molar refractivity (Wildman–Crippen MR) is 115 cm³/mol. The molecule has 6 nitrogen and oxygen atoms in total. The van der Waals surface area contributed by atoms with Gasteiger partial charge in [0.05, 0.1) is 6.20 Å². The number of carbonyl (C=O) groups excluding carboxylic acids is 1. The number of nitrogens with zero attached hydrogens (tertiary/aromatic N) is 3. The van der Waals surface area contributed by atoms with E-state index in [0.29, 0.717) is 19.5 Å². The van der Waals surface area contributed by atoms with Crippen LogP contribution in [0.5, 0.6) is 0 Å². The van der Waals surface area contributed by atoms with Crippen molar-refractivity contribution in [1.82, 2.24) is 19.7 Å². The molecule has 29 heavy (non-hydrogen) atoms. The number of anilines is 1. The van der Waals surface area contributed by atoms with E-state index >= 15 is 0 Å². The van der Waals surface area contributed by atoms with E-state index in [2.05, 4.69) is 34.7 Å². The summed E-state index contributed by atoms with van der Waals surface area (Å²) in [6.07, 6.45) is 5.71. The molecule has 2 heterocycles. The quantitative estimate of drug-likeness (QED) is 0.507. The van der Waals surface area contributed by atoms with Crippen LogP contribution in [-0.2, 0) is 11.3 Å². The first-order chi connectivity index (χ1) is 14.2. The number of hydrogen-bond acceptors (Lipinski definition) is 4. The molecule has 146 valence electrons. The molecule has 0 radical (unpaired) electrons. The van der Waals surface area contributed by atoms with Crippen molar-refractivity contribution in [2.45, 2.75) is 19.9 Å². The summed E-state index contributed by atoms with van der Waals surface area (Å²) in [6.45, 7) is 3.11. The molecule has 0 aliphatic rings. The second-order valence-electron chi connectivity index (χ2n) is 6.92. The Hall–Kier alpha value is -3.67. The number of nitrogens with one attached hydrogen (secondary N) is 2. The zero-order chi connectivity index (χ0) is 20.1. The highest BCUT2D eigenvalue weighted by Gasteiger charge is 2.14. The largest absolute Gasteiger partial charge is 0.369 e. The molecule has 0 aliphatic heterocycles. The third-order valence-electron chi connectivity index (χ3n) is 4.70. The Kier molecular flexibility index (Phi) is 5.52. The second kappa shape index (κ2) is 8.56. The Morgan fingerprint density at radius 3 is 2.79 bits per heavy atom. The summed E-state index contributed by atoms with van der Waals surface area (Å²) in [5.41, 5.74) is 4.91. The maximum Gasteiger partial charge on any atom is 0.222 e. The van der Waals surface area contributed by atoms with Crippen molar-refractivity contribution in [1.29, 1.82) is 0 Å². The van der Waals surface area contributed by atoms with Gasteiger partial charge in [-0.1, -0.05) is 54.1 Å². The van der Waals surface area contributed by atoms with Crippen LogP contribution < -0.4 is 10.6 Å². The second-order valence-corrected chi connectivity index (χ2v) is 6.92. The predicted octanol–water partition coefficient (Wildman–Crippen LogP) is 3.82. The van der Waals surface area contributed by atoms with E-state index in [1.807, 2.05) is 53.1 Å². The first kappa shape index (κ1) is 18.7. The Morgan fingerprint density at radius 1 is 1.10 bits per heavy atom. The molecule has 0 unspecified atom stereocenters. The zero-order valence-corrected chi connectivity index (χ0v) is 16.3. The minimum atomic E-state index is 0.00828. The number of fused-ring (bicyclic) bond motifs is 1. The highest BCUT2D eigenvalue weighted by molar-refractivity contribution is 5.78. The summed E-state index contributed by atoms with van der Waals surface area (Å²) in [5.74, 6) is 0.873.